The van der Waals surface area contributed by atoms with Gasteiger partial charge in [-0.2, -0.15) is 0 Å². The number of carbonyl (C=O) groups is 1. The number of nitrogens with zero attached hydrogens (tertiary/aromatic N) is 1. The maximum Gasteiger partial charge on any atom is 0.255 e. The molecule has 4 nitrogen and oxygen atoms in total. The van der Waals surface area contributed by atoms with E-state index in [1.807, 2.05) is 25.1 Å². The molecule has 2 N–H and O–H groups in total. The van der Waals surface area contributed by atoms with Gasteiger partial charge in [0.05, 0.1) is 11.2 Å². The van der Waals surface area contributed by atoms with Crippen molar-refractivity contribution < 1.29 is 9.90 Å². The molecule has 1 rings (SSSR count). The summed E-state index contributed by atoms with van der Waals surface area (Å²) in [4.78, 5) is 13.8. The minimum atomic E-state index is -0.891. The van der Waals surface area contributed by atoms with E-state index in [-0.39, 0.29) is 5.91 Å². The maximum absolute atomic E-state index is 12.3. The standard InChI is InChI=1S/C14H22N2O2/c1-5-15-12-9-7-6-8-11(12)13(17)16(4)10-14(2,3)18/h6-9,15,18H,5,10H2,1-4H3. The smallest absolute Gasteiger partial charge is 0.255 e. The van der Waals surface area contributed by atoms with E-state index in [9.17, 15) is 9.90 Å². The molecule has 0 radical (unpaired) electrons. The monoisotopic (exact) mass is 250 g/mol. The Balaban J connectivity index is 2.89. The van der Waals surface area contributed by atoms with E-state index >= 15 is 0 Å². The van der Waals surface area contributed by atoms with Crippen LogP contribution in [-0.2, 0) is 0 Å². The van der Waals surface area contributed by atoms with Gasteiger partial charge in [0.1, 0.15) is 0 Å². The number of aliphatic hydroxyl groups is 1. The largest absolute Gasteiger partial charge is 0.389 e. The minimum absolute atomic E-state index is 0.0892. The molecule has 0 spiro atoms. The van der Waals surface area contributed by atoms with Crippen LogP contribution < -0.4 is 5.32 Å². The van der Waals surface area contributed by atoms with Gasteiger partial charge in [0.2, 0.25) is 0 Å². The van der Waals surface area contributed by atoms with E-state index in [4.69, 9.17) is 0 Å². The van der Waals surface area contributed by atoms with Crippen molar-refractivity contribution in [1.29, 1.82) is 0 Å². The molecule has 1 amide bonds. The fourth-order valence-electron chi connectivity index (χ4n) is 1.87. The number of anilines is 1. The van der Waals surface area contributed by atoms with Crippen molar-refractivity contribution in [3.8, 4) is 0 Å². The quantitative estimate of drug-likeness (QED) is 0.840. The molecule has 0 aliphatic carbocycles. The molecule has 0 atom stereocenters. The number of hydrogen-bond acceptors (Lipinski definition) is 3. The molecule has 0 saturated carbocycles. The highest BCUT2D eigenvalue weighted by Crippen LogP contribution is 2.17. The molecule has 0 bridgehead atoms. The first-order valence-corrected chi connectivity index (χ1v) is 6.16. The third-order valence-electron chi connectivity index (χ3n) is 2.50. The van der Waals surface area contributed by atoms with Crippen molar-refractivity contribution in [2.24, 2.45) is 0 Å². The molecule has 1 aromatic rings. The van der Waals surface area contributed by atoms with Crippen LogP contribution >= 0.6 is 0 Å². The fraction of sp³-hybridized carbons (Fsp3) is 0.500. The Morgan fingerprint density at radius 1 is 1.39 bits per heavy atom. The van der Waals surface area contributed by atoms with Gasteiger partial charge in [-0.3, -0.25) is 4.79 Å². The van der Waals surface area contributed by atoms with Crippen LogP contribution in [-0.4, -0.2) is 41.7 Å². The van der Waals surface area contributed by atoms with Gasteiger partial charge in [0.25, 0.3) is 5.91 Å². The van der Waals surface area contributed by atoms with Crippen LogP contribution in [0.5, 0.6) is 0 Å². The Hall–Kier alpha value is -1.55. The zero-order valence-electron chi connectivity index (χ0n) is 11.5. The number of hydrogen-bond donors (Lipinski definition) is 2. The summed E-state index contributed by atoms with van der Waals surface area (Å²) in [5.74, 6) is -0.0892. The molecule has 0 saturated heterocycles. The summed E-state index contributed by atoms with van der Waals surface area (Å²) in [5, 5.41) is 12.9. The lowest BCUT2D eigenvalue weighted by molar-refractivity contribution is 0.0368. The van der Waals surface area contributed by atoms with Crippen LogP contribution in [0.4, 0.5) is 5.69 Å². The van der Waals surface area contributed by atoms with Gasteiger partial charge in [0.15, 0.2) is 0 Å². The van der Waals surface area contributed by atoms with Gasteiger partial charge in [-0.15, -0.1) is 0 Å². The Morgan fingerprint density at radius 3 is 2.56 bits per heavy atom. The van der Waals surface area contributed by atoms with Crippen molar-refractivity contribution in [3.63, 3.8) is 0 Å². The Morgan fingerprint density at radius 2 is 2.00 bits per heavy atom. The molecule has 0 aliphatic rings. The summed E-state index contributed by atoms with van der Waals surface area (Å²) >= 11 is 0. The second-order valence-corrected chi connectivity index (χ2v) is 5.05. The highest BCUT2D eigenvalue weighted by molar-refractivity contribution is 5.99. The number of nitrogens with one attached hydrogen (secondary N) is 1. The molecular weight excluding hydrogens is 228 g/mol. The van der Waals surface area contributed by atoms with Crippen LogP contribution in [0.25, 0.3) is 0 Å². The molecule has 0 unspecified atom stereocenters. The number of para-hydroxylation sites is 1. The summed E-state index contributed by atoms with van der Waals surface area (Å²) in [5.41, 5.74) is 0.566. The van der Waals surface area contributed by atoms with Gasteiger partial charge in [0, 0.05) is 25.8 Å². The second-order valence-electron chi connectivity index (χ2n) is 5.05. The van der Waals surface area contributed by atoms with E-state index in [2.05, 4.69) is 5.32 Å². The van der Waals surface area contributed by atoms with Crippen molar-refractivity contribution in [2.75, 3.05) is 25.5 Å². The van der Waals surface area contributed by atoms with Gasteiger partial charge in [-0.25, -0.2) is 0 Å². The first-order valence-electron chi connectivity index (χ1n) is 6.16. The summed E-state index contributed by atoms with van der Waals surface area (Å²) in [6, 6.07) is 7.41. The van der Waals surface area contributed by atoms with Crippen LogP contribution in [0.15, 0.2) is 24.3 Å². The minimum Gasteiger partial charge on any atom is -0.389 e. The molecule has 18 heavy (non-hydrogen) atoms. The lowest BCUT2D eigenvalue weighted by Crippen LogP contribution is -2.39. The molecular formula is C14H22N2O2. The van der Waals surface area contributed by atoms with Crippen LogP contribution in [0.2, 0.25) is 0 Å². The lowest BCUT2D eigenvalue weighted by atomic mass is 10.1. The van der Waals surface area contributed by atoms with Crippen molar-refractivity contribution in [3.05, 3.63) is 29.8 Å². The van der Waals surface area contributed by atoms with Crippen molar-refractivity contribution in [1.82, 2.24) is 4.90 Å². The van der Waals surface area contributed by atoms with E-state index in [0.717, 1.165) is 12.2 Å². The molecule has 0 fully saturated rings. The average Bonchev–Trinajstić information content (AvgIpc) is 2.27. The molecule has 0 aromatic heterocycles. The zero-order valence-corrected chi connectivity index (χ0v) is 11.5. The number of amides is 1. The Labute approximate surface area is 109 Å². The number of benzene rings is 1. The van der Waals surface area contributed by atoms with Crippen molar-refractivity contribution >= 4 is 11.6 Å². The maximum atomic E-state index is 12.3. The van der Waals surface area contributed by atoms with Crippen LogP contribution in [0.3, 0.4) is 0 Å². The molecule has 1 aromatic carbocycles. The topological polar surface area (TPSA) is 52.6 Å². The van der Waals surface area contributed by atoms with Gasteiger partial charge < -0.3 is 15.3 Å². The predicted molar refractivity (Wildman–Crippen MR) is 73.9 cm³/mol. The van der Waals surface area contributed by atoms with Crippen molar-refractivity contribution in [2.45, 2.75) is 26.4 Å². The SMILES string of the molecule is CCNc1ccccc1C(=O)N(C)CC(C)(C)O. The predicted octanol–water partition coefficient (Wildman–Crippen LogP) is 1.96. The number of carbonyl (C=O) groups excluding carboxylic acids is 1. The summed E-state index contributed by atoms with van der Waals surface area (Å²) in [6.45, 7) is 6.42. The summed E-state index contributed by atoms with van der Waals surface area (Å²) < 4.78 is 0. The normalized spacial score (nSPS) is 11.2. The highest BCUT2D eigenvalue weighted by atomic mass is 16.3. The second kappa shape index (κ2) is 5.87. The molecule has 0 heterocycles. The molecule has 100 valence electrons. The summed E-state index contributed by atoms with van der Waals surface area (Å²) in [7, 11) is 1.70. The highest BCUT2D eigenvalue weighted by Gasteiger charge is 2.21. The molecule has 4 heteroatoms. The van der Waals surface area contributed by atoms with E-state index in [0.29, 0.717) is 12.1 Å². The average molecular weight is 250 g/mol. The third kappa shape index (κ3) is 4.04. The fourth-order valence-corrected chi connectivity index (χ4v) is 1.87. The first kappa shape index (κ1) is 14.5. The number of likely N-dealkylation sites (N-methyl/N-ethyl adjacent to an activating group) is 1. The lowest BCUT2D eigenvalue weighted by Gasteiger charge is -2.26. The van der Waals surface area contributed by atoms with Crippen LogP contribution in [0.1, 0.15) is 31.1 Å². The van der Waals surface area contributed by atoms with E-state index < -0.39 is 5.60 Å². The Bertz CT molecular complexity index is 411. The van der Waals surface area contributed by atoms with Crippen LogP contribution in [0, 0.1) is 0 Å². The molecule has 0 aliphatic heterocycles. The third-order valence-corrected chi connectivity index (χ3v) is 2.50. The zero-order chi connectivity index (χ0) is 13.8. The van der Waals surface area contributed by atoms with E-state index in [1.165, 1.54) is 4.90 Å². The van der Waals surface area contributed by atoms with E-state index in [1.54, 1.807) is 27.0 Å². The first-order chi connectivity index (χ1) is 8.35. The number of rotatable bonds is 5. The van der Waals surface area contributed by atoms with Gasteiger partial charge in [-0.1, -0.05) is 12.1 Å². The Kier molecular flexibility index (Phi) is 4.73. The summed E-state index contributed by atoms with van der Waals surface area (Å²) in [6.07, 6.45) is 0. The van der Waals surface area contributed by atoms with Gasteiger partial charge in [-0.05, 0) is 32.9 Å². The van der Waals surface area contributed by atoms with Gasteiger partial charge >= 0.3 is 0 Å².